The smallest absolute Gasteiger partial charge is 0.119 e. The Kier molecular flexibility index (Phi) is 4.27. The van der Waals surface area contributed by atoms with Crippen molar-refractivity contribution in [2.45, 2.75) is 63.1 Å². The fourth-order valence-corrected chi connectivity index (χ4v) is 4.24. The van der Waals surface area contributed by atoms with Gasteiger partial charge < -0.3 is 9.47 Å². The number of nitrogens with zero attached hydrogens (tertiary/aromatic N) is 1. The van der Waals surface area contributed by atoms with Crippen LogP contribution in [0.2, 0.25) is 0 Å². The van der Waals surface area contributed by atoms with Crippen LogP contribution in [0.5, 0.6) is 5.75 Å². The molecule has 0 N–H and O–H groups in total. The minimum absolute atomic E-state index is 0.277. The summed E-state index contributed by atoms with van der Waals surface area (Å²) in [6, 6.07) is 11.1. The number of hydrogen-bond acceptors (Lipinski definition) is 3. The van der Waals surface area contributed by atoms with Crippen LogP contribution < -0.4 is 4.74 Å². The number of nitriles is 1. The largest absolute Gasteiger partial charge is 0.493 e. The highest BCUT2D eigenvalue weighted by molar-refractivity contribution is 5.29. The van der Waals surface area contributed by atoms with E-state index in [0.29, 0.717) is 24.0 Å². The Labute approximate surface area is 138 Å². The second-order valence-electron chi connectivity index (χ2n) is 7.45. The number of rotatable bonds is 4. The zero-order valence-corrected chi connectivity index (χ0v) is 13.6. The Morgan fingerprint density at radius 3 is 2.48 bits per heavy atom. The summed E-state index contributed by atoms with van der Waals surface area (Å²) >= 11 is 0. The van der Waals surface area contributed by atoms with E-state index < -0.39 is 0 Å². The lowest BCUT2D eigenvalue weighted by Crippen LogP contribution is -2.19. The fraction of sp³-hybridized carbons (Fsp3) is 0.650. The van der Waals surface area contributed by atoms with Gasteiger partial charge in [0.05, 0.1) is 24.9 Å². The van der Waals surface area contributed by atoms with Gasteiger partial charge in [0.2, 0.25) is 0 Å². The molecule has 23 heavy (non-hydrogen) atoms. The van der Waals surface area contributed by atoms with Crippen LogP contribution >= 0.6 is 0 Å². The molecule has 3 unspecified atom stereocenters. The van der Waals surface area contributed by atoms with Crippen LogP contribution in [0.3, 0.4) is 0 Å². The second-order valence-corrected chi connectivity index (χ2v) is 7.45. The van der Waals surface area contributed by atoms with Crippen LogP contribution in [0.25, 0.3) is 0 Å². The highest BCUT2D eigenvalue weighted by Gasteiger charge is 2.43. The third-order valence-corrected chi connectivity index (χ3v) is 5.86. The molecule has 3 fully saturated rings. The predicted octanol–water partition coefficient (Wildman–Crippen LogP) is 4.43. The Hall–Kier alpha value is -1.53. The van der Waals surface area contributed by atoms with Crippen molar-refractivity contribution in [1.29, 1.82) is 5.26 Å². The van der Waals surface area contributed by atoms with Crippen molar-refractivity contribution >= 4 is 0 Å². The van der Waals surface area contributed by atoms with Gasteiger partial charge in [0, 0.05) is 5.92 Å². The van der Waals surface area contributed by atoms with Crippen LogP contribution in [-0.4, -0.2) is 18.8 Å². The Balaban J connectivity index is 1.27. The molecule has 2 aliphatic carbocycles. The maximum Gasteiger partial charge on any atom is 0.119 e. The standard InChI is InChI=1S/C20H25NO2/c21-12-14-1-4-16(5-2-14)17-6-8-18(9-7-17)22-13-15-3-10-19-20(11-15)23-19/h6-9,14-16,19-20H,1-5,10-11,13H2. The highest BCUT2D eigenvalue weighted by Crippen LogP contribution is 2.40. The van der Waals surface area contributed by atoms with Crippen molar-refractivity contribution in [1.82, 2.24) is 0 Å². The maximum atomic E-state index is 9.00. The second kappa shape index (κ2) is 6.53. The molecule has 1 aliphatic heterocycles. The Morgan fingerprint density at radius 1 is 1.00 bits per heavy atom. The summed E-state index contributed by atoms with van der Waals surface area (Å²) in [5, 5.41) is 9.00. The van der Waals surface area contributed by atoms with Crippen molar-refractivity contribution in [3.8, 4) is 11.8 Å². The lowest BCUT2D eigenvalue weighted by atomic mass is 9.79. The Morgan fingerprint density at radius 2 is 1.78 bits per heavy atom. The lowest BCUT2D eigenvalue weighted by Gasteiger charge is -2.25. The highest BCUT2D eigenvalue weighted by atomic mass is 16.6. The molecule has 0 amide bonds. The van der Waals surface area contributed by atoms with E-state index >= 15 is 0 Å². The molecule has 3 aliphatic rings. The van der Waals surface area contributed by atoms with E-state index in [1.54, 1.807) is 0 Å². The third-order valence-electron chi connectivity index (χ3n) is 5.86. The van der Waals surface area contributed by atoms with E-state index in [0.717, 1.165) is 38.0 Å². The first-order valence-corrected chi connectivity index (χ1v) is 9.09. The van der Waals surface area contributed by atoms with E-state index in [1.807, 2.05) is 0 Å². The number of epoxide rings is 1. The normalized spacial score (nSPS) is 35.9. The van der Waals surface area contributed by atoms with Crippen molar-refractivity contribution in [2.75, 3.05) is 6.61 Å². The fourth-order valence-electron chi connectivity index (χ4n) is 4.24. The molecule has 4 rings (SSSR count). The minimum atomic E-state index is 0.277. The van der Waals surface area contributed by atoms with Crippen LogP contribution in [0, 0.1) is 23.2 Å². The van der Waals surface area contributed by atoms with E-state index in [1.165, 1.54) is 24.8 Å². The van der Waals surface area contributed by atoms with Gasteiger partial charge >= 0.3 is 0 Å². The molecule has 3 nitrogen and oxygen atoms in total. The van der Waals surface area contributed by atoms with Crippen molar-refractivity contribution in [3.63, 3.8) is 0 Å². The molecular formula is C20H25NO2. The molecule has 122 valence electrons. The van der Waals surface area contributed by atoms with Crippen LogP contribution in [0.15, 0.2) is 24.3 Å². The molecular weight excluding hydrogens is 286 g/mol. The van der Waals surface area contributed by atoms with Gasteiger partial charge in [-0.2, -0.15) is 5.26 Å². The molecule has 1 aromatic carbocycles. The van der Waals surface area contributed by atoms with Gasteiger partial charge in [0.1, 0.15) is 5.75 Å². The quantitative estimate of drug-likeness (QED) is 0.773. The zero-order chi connectivity index (χ0) is 15.6. The predicted molar refractivity (Wildman–Crippen MR) is 88.3 cm³/mol. The van der Waals surface area contributed by atoms with Gasteiger partial charge in [-0.15, -0.1) is 0 Å². The molecule has 0 radical (unpaired) electrons. The first-order chi connectivity index (χ1) is 11.3. The number of hydrogen-bond donors (Lipinski definition) is 0. The Bertz CT molecular complexity index is 568. The van der Waals surface area contributed by atoms with Gasteiger partial charge in [-0.25, -0.2) is 0 Å². The van der Waals surface area contributed by atoms with Gasteiger partial charge in [0.25, 0.3) is 0 Å². The van der Waals surface area contributed by atoms with E-state index in [-0.39, 0.29) is 5.92 Å². The molecule has 3 atom stereocenters. The van der Waals surface area contributed by atoms with Gasteiger partial charge in [-0.3, -0.25) is 0 Å². The SMILES string of the molecule is N#CC1CCC(c2ccc(OCC3CCC4OC4C3)cc2)CC1. The zero-order valence-electron chi connectivity index (χ0n) is 13.6. The minimum Gasteiger partial charge on any atom is -0.493 e. The average molecular weight is 311 g/mol. The molecule has 1 aromatic rings. The van der Waals surface area contributed by atoms with Gasteiger partial charge in [0.15, 0.2) is 0 Å². The van der Waals surface area contributed by atoms with Crippen molar-refractivity contribution in [3.05, 3.63) is 29.8 Å². The van der Waals surface area contributed by atoms with Crippen LogP contribution in [0.1, 0.15) is 56.4 Å². The van der Waals surface area contributed by atoms with Crippen LogP contribution in [0.4, 0.5) is 0 Å². The summed E-state index contributed by atoms with van der Waals surface area (Å²) in [5.41, 5.74) is 1.40. The summed E-state index contributed by atoms with van der Waals surface area (Å²) in [6.07, 6.45) is 9.10. The average Bonchev–Trinajstić information content (AvgIpc) is 3.39. The van der Waals surface area contributed by atoms with Crippen LogP contribution in [-0.2, 0) is 4.74 Å². The van der Waals surface area contributed by atoms with E-state index in [9.17, 15) is 0 Å². The topological polar surface area (TPSA) is 45.5 Å². The molecule has 1 heterocycles. The van der Waals surface area contributed by atoms with Crippen molar-refractivity contribution in [2.24, 2.45) is 11.8 Å². The molecule has 1 saturated heterocycles. The van der Waals surface area contributed by atoms with E-state index in [4.69, 9.17) is 14.7 Å². The first-order valence-electron chi connectivity index (χ1n) is 9.09. The van der Waals surface area contributed by atoms with E-state index in [2.05, 4.69) is 30.3 Å². The third kappa shape index (κ3) is 3.53. The monoisotopic (exact) mass is 311 g/mol. The molecule has 2 saturated carbocycles. The van der Waals surface area contributed by atoms with Gasteiger partial charge in [-0.1, -0.05) is 12.1 Å². The summed E-state index contributed by atoms with van der Waals surface area (Å²) in [7, 11) is 0. The lowest BCUT2D eigenvalue weighted by molar-refractivity contribution is 0.217. The first kappa shape index (κ1) is 15.0. The molecule has 0 spiro atoms. The summed E-state index contributed by atoms with van der Waals surface area (Å²) < 4.78 is 11.6. The molecule has 0 aromatic heterocycles. The van der Waals surface area contributed by atoms with Crippen molar-refractivity contribution < 1.29 is 9.47 Å². The maximum absolute atomic E-state index is 9.00. The summed E-state index contributed by atoms with van der Waals surface area (Å²) in [5.74, 6) is 2.54. The number of fused-ring (bicyclic) bond motifs is 1. The summed E-state index contributed by atoms with van der Waals surface area (Å²) in [6.45, 7) is 0.819. The number of benzene rings is 1. The molecule has 3 heteroatoms. The number of ether oxygens (including phenoxy) is 2. The molecule has 0 bridgehead atoms. The summed E-state index contributed by atoms with van der Waals surface area (Å²) in [4.78, 5) is 0. The van der Waals surface area contributed by atoms with Gasteiger partial charge in [-0.05, 0) is 74.5 Å².